The Balaban J connectivity index is 1.42. The molecule has 4 rings (SSSR count). The fourth-order valence-corrected chi connectivity index (χ4v) is 4.41. The van der Waals surface area contributed by atoms with Crippen LogP contribution in [-0.4, -0.2) is 37.0 Å². The third-order valence-electron chi connectivity index (χ3n) is 6.14. The first-order valence-electron chi connectivity index (χ1n) is 11.8. The summed E-state index contributed by atoms with van der Waals surface area (Å²) in [5.74, 6) is -1.34. The quantitative estimate of drug-likeness (QED) is 0.423. The maximum absolute atomic E-state index is 12.7. The monoisotopic (exact) mass is 476 g/mol. The summed E-state index contributed by atoms with van der Waals surface area (Å²) in [6.45, 7) is 1.51. The van der Waals surface area contributed by atoms with Gasteiger partial charge in [0.15, 0.2) is 5.78 Å². The average molecular weight is 477 g/mol. The number of hydrogen-bond donors (Lipinski definition) is 2. The molecule has 2 aliphatic rings. The van der Waals surface area contributed by atoms with E-state index in [4.69, 9.17) is 9.47 Å². The third kappa shape index (κ3) is 5.77. The minimum atomic E-state index is -0.751. The van der Waals surface area contributed by atoms with Gasteiger partial charge in [-0.05, 0) is 48.9 Å². The number of benzene rings is 2. The first-order chi connectivity index (χ1) is 17.0. The average Bonchev–Trinajstić information content (AvgIpc) is 3.34. The first-order valence-corrected chi connectivity index (χ1v) is 11.8. The minimum Gasteiger partial charge on any atom is -0.463 e. The van der Waals surface area contributed by atoms with Crippen molar-refractivity contribution in [3.63, 3.8) is 0 Å². The van der Waals surface area contributed by atoms with Crippen LogP contribution in [0.25, 0.3) is 0 Å². The van der Waals surface area contributed by atoms with Crippen molar-refractivity contribution in [3.05, 3.63) is 82.1 Å². The van der Waals surface area contributed by atoms with E-state index in [0.29, 0.717) is 11.1 Å². The van der Waals surface area contributed by atoms with Gasteiger partial charge < -0.3 is 20.1 Å². The number of Topliss-reactive ketones (excluding diaryl/α,β-unsaturated/α-hetero) is 1. The van der Waals surface area contributed by atoms with Crippen LogP contribution in [0.3, 0.4) is 0 Å². The van der Waals surface area contributed by atoms with Crippen molar-refractivity contribution >= 4 is 23.8 Å². The lowest BCUT2D eigenvalue weighted by Crippen LogP contribution is -2.47. The Bertz CT molecular complexity index is 1170. The minimum absolute atomic E-state index is 0.0158. The second kappa shape index (κ2) is 11.0. The molecule has 0 spiro atoms. The molecule has 0 bridgehead atoms. The van der Waals surface area contributed by atoms with Gasteiger partial charge in [-0.15, -0.1) is 0 Å². The number of rotatable bonds is 9. The van der Waals surface area contributed by atoms with E-state index in [2.05, 4.69) is 10.6 Å². The Hall–Kier alpha value is -3.94. The van der Waals surface area contributed by atoms with E-state index >= 15 is 0 Å². The number of urea groups is 1. The zero-order chi connectivity index (χ0) is 24.8. The van der Waals surface area contributed by atoms with Crippen LogP contribution < -0.4 is 10.6 Å². The van der Waals surface area contributed by atoms with Crippen LogP contribution >= 0.6 is 0 Å². The predicted octanol–water partition coefficient (Wildman–Crippen LogP) is 3.55. The molecule has 2 aromatic carbocycles. The molecule has 0 saturated heterocycles. The molecule has 1 aliphatic heterocycles. The van der Waals surface area contributed by atoms with Gasteiger partial charge in [-0.2, -0.15) is 0 Å². The SMILES string of the molecule is CCOC(=O)C1=C(COC(=O)CCC(=O)c2ccc3c(c2)CCC3)NC(=O)NC1c1ccccc1. The fourth-order valence-electron chi connectivity index (χ4n) is 4.41. The van der Waals surface area contributed by atoms with E-state index in [1.54, 1.807) is 31.2 Å². The highest BCUT2D eigenvalue weighted by Gasteiger charge is 2.34. The summed E-state index contributed by atoms with van der Waals surface area (Å²) < 4.78 is 10.5. The second-order valence-electron chi connectivity index (χ2n) is 8.48. The Kier molecular flexibility index (Phi) is 7.60. The van der Waals surface area contributed by atoms with Crippen molar-refractivity contribution in [2.75, 3.05) is 13.2 Å². The van der Waals surface area contributed by atoms with Crippen molar-refractivity contribution in [1.82, 2.24) is 10.6 Å². The van der Waals surface area contributed by atoms with E-state index < -0.39 is 24.0 Å². The summed E-state index contributed by atoms with van der Waals surface area (Å²) in [6, 6.07) is 13.4. The number of esters is 2. The highest BCUT2D eigenvalue weighted by atomic mass is 16.5. The van der Waals surface area contributed by atoms with E-state index in [9.17, 15) is 19.2 Å². The van der Waals surface area contributed by atoms with Crippen molar-refractivity contribution in [2.45, 2.75) is 45.1 Å². The molecule has 2 amide bonds. The van der Waals surface area contributed by atoms with Gasteiger partial charge in [-0.25, -0.2) is 9.59 Å². The highest BCUT2D eigenvalue weighted by molar-refractivity contribution is 5.98. The number of amides is 2. The number of carbonyl (C=O) groups is 4. The Morgan fingerprint density at radius 3 is 2.51 bits per heavy atom. The Morgan fingerprint density at radius 2 is 1.74 bits per heavy atom. The molecule has 0 aromatic heterocycles. The molecule has 1 heterocycles. The van der Waals surface area contributed by atoms with Gasteiger partial charge >= 0.3 is 18.0 Å². The first kappa shape index (κ1) is 24.2. The van der Waals surface area contributed by atoms with Crippen molar-refractivity contribution in [1.29, 1.82) is 0 Å². The predicted molar refractivity (Wildman–Crippen MR) is 127 cm³/mol. The smallest absolute Gasteiger partial charge is 0.338 e. The maximum atomic E-state index is 12.7. The lowest BCUT2D eigenvalue weighted by Gasteiger charge is -2.29. The van der Waals surface area contributed by atoms with Crippen LogP contribution in [0.2, 0.25) is 0 Å². The van der Waals surface area contributed by atoms with E-state index in [1.807, 2.05) is 24.3 Å². The van der Waals surface area contributed by atoms with Crippen LogP contribution in [0.15, 0.2) is 59.8 Å². The third-order valence-corrected chi connectivity index (χ3v) is 6.14. The summed E-state index contributed by atoms with van der Waals surface area (Å²) in [7, 11) is 0. The van der Waals surface area contributed by atoms with Crippen LogP contribution in [0.1, 0.15) is 59.3 Å². The number of aryl methyl sites for hydroxylation is 2. The van der Waals surface area contributed by atoms with Gasteiger partial charge in [0.2, 0.25) is 0 Å². The normalized spacial score (nSPS) is 16.7. The van der Waals surface area contributed by atoms with Crippen LogP contribution in [0.5, 0.6) is 0 Å². The number of carbonyl (C=O) groups excluding carboxylic acids is 4. The molecule has 1 unspecified atom stereocenters. The van der Waals surface area contributed by atoms with E-state index in [-0.39, 0.29) is 43.1 Å². The molecule has 0 radical (unpaired) electrons. The lowest BCUT2D eigenvalue weighted by molar-refractivity contribution is -0.143. The maximum Gasteiger partial charge on any atom is 0.338 e. The van der Waals surface area contributed by atoms with Crippen molar-refractivity contribution < 1.29 is 28.7 Å². The summed E-state index contributed by atoms with van der Waals surface area (Å²) in [6.07, 6.45) is 3.02. The number of hydrogen-bond acceptors (Lipinski definition) is 6. The van der Waals surface area contributed by atoms with Gasteiger partial charge in [-0.3, -0.25) is 9.59 Å². The lowest BCUT2D eigenvalue weighted by atomic mass is 9.95. The molecule has 1 atom stereocenters. The molecular formula is C27H28N2O6. The molecular weight excluding hydrogens is 448 g/mol. The van der Waals surface area contributed by atoms with Gasteiger partial charge in [0.05, 0.1) is 30.3 Å². The summed E-state index contributed by atoms with van der Waals surface area (Å²) in [5, 5.41) is 5.28. The molecule has 0 saturated carbocycles. The molecule has 182 valence electrons. The van der Waals surface area contributed by atoms with Crippen LogP contribution in [0, 0.1) is 0 Å². The zero-order valence-corrected chi connectivity index (χ0v) is 19.6. The summed E-state index contributed by atoms with van der Waals surface area (Å²) >= 11 is 0. The van der Waals surface area contributed by atoms with E-state index in [0.717, 1.165) is 19.3 Å². The number of nitrogens with one attached hydrogen (secondary N) is 2. The standard InChI is InChI=1S/C27H28N2O6/c1-2-34-26(32)24-21(28-27(33)29-25(24)18-7-4-3-5-8-18)16-35-23(31)14-13-22(30)20-12-11-17-9-6-10-19(17)15-20/h3-5,7-8,11-12,15,25H,2,6,9-10,13-14,16H2,1H3,(H2,28,29,33). The Labute approximate surface area is 203 Å². The second-order valence-corrected chi connectivity index (χ2v) is 8.48. The molecule has 1 aliphatic carbocycles. The highest BCUT2D eigenvalue weighted by Crippen LogP contribution is 2.28. The molecule has 2 aromatic rings. The molecule has 2 N–H and O–H groups in total. The largest absolute Gasteiger partial charge is 0.463 e. The topological polar surface area (TPSA) is 111 Å². The summed E-state index contributed by atoms with van der Waals surface area (Å²) in [4.78, 5) is 50.0. The number of fused-ring (bicyclic) bond motifs is 1. The van der Waals surface area contributed by atoms with Crippen LogP contribution in [-0.2, 0) is 31.9 Å². The van der Waals surface area contributed by atoms with Gasteiger partial charge in [0.1, 0.15) is 6.61 Å². The van der Waals surface area contributed by atoms with Gasteiger partial charge in [0.25, 0.3) is 0 Å². The van der Waals surface area contributed by atoms with Gasteiger partial charge in [0, 0.05) is 12.0 Å². The Morgan fingerprint density at radius 1 is 0.971 bits per heavy atom. The summed E-state index contributed by atoms with van der Waals surface area (Å²) in [5.41, 5.74) is 4.09. The van der Waals surface area contributed by atoms with Gasteiger partial charge in [-0.1, -0.05) is 42.5 Å². The van der Waals surface area contributed by atoms with E-state index in [1.165, 1.54) is 11.1 Å². The van der Waals surface area contributed by atoms with Crippen molar-refractivity contribution in [2.24, 2.45) is 0 Å². The van der Waals surface area contributed by atoms with Crippen LogP contribution in [0.4, 0.5) is 4.79 Å². The molecule has 0 fully saturated rings. The fraction of sp³-hybridized carbons (Fsp3) is 0.333. The zero-order valence-electron chi connectivity index (χ0n) is 19.6. The molecule has 8 heteroatoms. The molecule has 35 heavy (non-hydrogen) atoms. The number of ether oxygens (including phenoxy) is 2. The number of ketones is 1. The van der Waals surface area contributed by atoms with Crippen molar-refractivity contribution in [3.8, 4) is 0 Å². The molecule has 8 nitrogen and oxygen atoms in total.